The highest BCUT2D eigenvalue weighted by molar-refractivity contribution is 5.96. The quantitative estimate of drug-likeness (QED) is 0.807. The Kier molecular flexibility index (Phi) is 5.95. The van der Waals surface area contributed by atoms with Gasteiger partial charge in [0.05, 0.1) is 0 Å². The van der Waals surface area contributed by atoms with Crippen LogP contribution in [0.15, 0.2) is 42.6 Å². The summed E-state index contributed by atoms with van der Waals surface area (Å²) >= 11 is 0. The van der Waals surface area contributed by atoms with Gasteiger partial charge in [-0.15, -0.1) is 0 Å². The van der Waals surface area contributed by atoms with E-state index >= 15 is 0 Å². The van der Waals surface area contributed by atoms with E-state index in [2.05, 4.69) is 15.7 Å². The van der Waals surface area contributed by atoms with Crippen molar-refractivity contribution in [3.8, 4) is 5.75 Å². The lowest BCUT2D eigenvalue weighted by Gasteiger charge is -2.21. The van der Waals surface area contributed by atoms with E-state index in [1.165, 1.54) is 0 Å². The fourth-order valence-electron chi connectivity index (χ4n) is 2.10. The highest BCUT2D eigenvalue weighted by Crippen LogP contribution is 2.09. The number of anilines is 1. The molecular weight excluding hydrogens is 308 g/mol. The largest absolute Gasteiger partial charge is 0.484 e. The number of benzene rings is 1. The molecule has 0 aliphatic carbocycles. The fraction of sp³-hybridized carbons (Fsp3) is 0.353. The lowest BCUT2D eigenvalue weighted by atomic mass is 10.0. The Morgan fingerprint density at radius 1 is 1.21 bits per heavy atom. The van der Waals surface area contributed by atoms with Gasteiger partial charge in [0, 0.05) is 19.3 Å². The molecular formula is C17H22N4O3. The molecule has 1 heterocycles. The lowest BCUT2D eigenvalue weighted by molar-refractivity contribution is -0.128. The third-order valence-corrected chi connectivity index (χ3v) is 3.34. The van der Waals surface area contributed by atoms with Crippen LogP contribution in [0.5, 0.6) is 5.75 Å². The van der Waals surface area contributed by atoms with E-state index in [1.54, 1.807) is 36.1 Å². The van der Waals surface area contributed by atoms with Crippen molar-refractivity contribution in [1.82, 2.24) is 15.1 Å². The summed E-state index contributed by atoms with van der Waals surface area (Å²) in [6.45, 7) is 3.58. The molecule has 2 rings (SSSR count). The first-order valence-electron chi connectivity index (χ1n) is 7.73. The van der Waals surface area contributed by atoms with Crippen LogP contribution in [0.3, 0.4) is 0 Å². The van der Waals surface area contributed by atoms with Crippen molar-refractivity contribution in [2.24, 2.45) is 13.0 Å². The minimum Gasteiger partial charge on any atom is -0.484 e. The number of nitrogens with zero attached hydrogens (tertiary/aromatic N) is 2. The molecule has 24 heavy (non-hydrogen) atoms. The lowest BCUT2D eigenvalue weighted by Crippen LogP contribution is -2.48. The van der Waals surface area contributed by atoms with Gasteiger partial charge in [-0.25, -0.2) is 0 Å². The molecule has 7 heteroatoms. The predicted octanol–water partition coefficient (Wildman–Crippen LogP) is 1.58. The average molecular weight is 330 g/mol. The van der Waals surface area contributed by atoms with Gasteiger partial charge >= 0.3 is 0 Å². The Labute approximate surface area is 141 Å². The first-order valence-corrected chi connectivity index (χ1v) is 7.73. The standard InChI is InChI=1S/C17H22N4O3/c1-12(2)16(17(23)18-14-9-10-21(3)20-14)19-15(22)11-24-13-7-5-4-6-8-13/h4-10,12,16H,11H2,1-3H3,(H,19,22)(H,18,20,23)/t16-/m0/s1. The summed E-state index contributed by atoms with van der Waals surface area (Å²) in [6, 6.07) is 10.1. The number of carbonyl (C=O) groups excluding carboxylic acids is 2. The van der Waals surface area contributed by atoms with E-state index in [0.29, 0.717) is 11.6 Å². The molecule has 1 aromatic carbocycles. The van der Waals surface area contributed by atoms with E-state index in [-0.39, 0.29) is 24.3 Å². The van der Waals surface area contributed by atoms with Crippen molar-refractivity contribution in [2.75, 3.05) is 11.9 Å². The summed E-state index contributed by atoms with van der Waals surface area (Å²) in [4.78, 5) is 24.4. The highest BCUT2D eigenvalue weighted by atomic mass is 16.5. The number of carbonyl (C=O) groups is 2. The fourth-order valence-corrected chi connectivity index (χ4v) is 2.10. The van der Waals surface area contributed by atoms with Crippen LogP contribution in [0.1, 0.15) is 13.8 Å². The van der Waals surface area contributed by atoms with Crippen LogP contribution in [-0.4, -0.2) is 34.2 Å². The zero-order valence-electron chi connectivity index (χ0n) is 14.0. The van der Waals surface area contributed by atoms with Crippen LogP contribution in [-0.2, 0) is 16.6 Å². The number of aryl methyl sites for hydroxylation is 1. The third kappa shape index (κ3) is 5.12. The van der Waals surface area contributed by atoms with Gasteiger partial charge in [-0.05, 0) is 18.1 Å². The monoisotopic (exact) mass is 330 g/mol. The van der Waals surface area contributed by atoms with Gasteiger partial charge in [-0.1, -0.05) is 32.0 Å². The number of aromatic nitrogens is 2. The number of nitrogens with one attached hydrogen (secondary N) is 2. The number of hydrogen-bond acceptors (Lipinski definition) is 4. The van der Waals surface area contributed by atoms with Gasteiger partial charge < -0.3 is 15.4 Å². The number of ether oxygens (including phenoxy) is 1. The van der Waals surface area contributed by atoms with Gasteiger partial charge in [-0.3, -0.25) is 14.3 Å². The zero-order chi connectivity index (χ0) is 17.5. The highest BCUT2D eigenvalue weighted by Gasteiger charge is 2.24. The number of amides is 2. The van der Waals surface area contributed by atoms with E-state index in [4.69, 9.17) is 4.74 Å². The maximum absolute atomic E-state index is 12.4. The molecule has 0 unspecified atom stereocenters. The van der Waals surface area contributed by atoms with E-state index < -0.39 is 6.04 Å². The summed E-state index contributed by atoms with van der Waals surface area (Å²) in [5.41, 5.74) is 0. The molecule has 0 aliphatic rings. The van der Waals surface area contributed by atoms with E-state index in [1.807, 2.05) is 32.0 Å². The van der Waals surface area contributed by atoms with Crippen LogP contribution in [0, 0.1) is 5.92 Å². The summed E-state index contributed by atoms with van der Waals surface area (Å²) < 4.78 is 6.98. The van der Waals surface area contributed by atoms with E-state index in [0.717, 1.165) is 0 Å². The van der Waals surface area contributed by atoms with Crippen LogP contribution in [0.25, 0.3) is 0 Å². The average Bonchev–Trinajstić information content (AvgIpc) is 2.96. The maximum Gasteiger partial charge on any atom is 0.258 e. The van der Waals surface area contributed by atoms with Crippen LogP contribution >= 0.6 is 0 Å². The van der Waals surface area contributed by atoms with Crippen molar-refractivity contribution in [2.45, 2.75) is 19.9 Å². The Balaban J connectivity index is 1.89. The summed E-state index contributed by atoms with van der Waals surface area (Å²) in [5, 5.41) is 9.49. The Morgan fingerprint density at radius 2 is 1.92 bits per heavy atom. The zero-order valence-corrected chi connectivity index (χ0v) is 14.0. The first kappa shape index (κ1) is 17.5. The van der Waals surface area contributed by atoms with Gasteiger partial charge in [0.25, 0.3) is 5.91 Å². The molecule has 2 amide bonds. The second-order valence-corrected chi connectivity index (χ2v) is 5.75. The summed E-state index contributed by atoms with van der Waals surface area (Å²) in [6.07, 6.45) is 1.73. The second kappa shape index (κ2) is 8.14. The Bertz CT molecular complexity index is 682. The SMILES string of the molecule is CC(C)[C@H](NC(=O)COc1ccccc1)C(=O)Nc1ccn(C)n1. The van der Waals surface area contributed by atoms with Gasteiger partial charge in [0.1, 0.15) is 11.8 Å². The molecule has 0 radical (unpaired) electrons. The summed E-state index contributed by atoms with van der Waals surface area (Å²) in [5.74, 6) is 0.314. The Morgan fingerprint density at radius 3 is 2.50 bits per heavy atom. The molecule has 0 saturated heterocycles. The van der Waals surface area contributed by atoms with Crippen LogP contribution < -0.4 is 15.4 Å². The molecule has 128 valence electrons. The van der Waals surface area contributed by atoms with Crippen LogP contribution in [0.4, 0.5) is 5.82 Å². The van der Waals surface area contributed by atoms with Crippen molar-refractivity contribution in [3.63, 3.8) is 0 Å². The van der Waals surface area contributed by atoms with E-state index in [9.17, 15) is 9.59 Å². The van der Waals surface area contributed by atoms with Gasteiger partial charge in [0.2, 0.25) is 5.91 Å². The van der Waals surface area contributed by atoms with Crippen molar-refractivity contribution >= 4 is 17.6 Å². The van der Waals surface area contributed by atoms with Gasteiger partial charge in [0.15, 0.2) is 12.4 Å². The molecule has 7 nitrogen and oxygen atoms in total. The molecule has 0 spiro atoms. The molecule has 1 aromatic heterocycles. The van der Waals surface area contributed by atoms with Crippen molar-refractivity contribution in [1.29, 1.82) is 0 Å². The number of para-hydroxylation sites is 1. The minimum atomic E-state index is -0.668. The topological polar surface area (TPSA) is 85.2 Å². The van der Waals surface area contributed by atoms with Gasteiger partial charge in [-0.2, -0.15) is 5.10 Å². The molecule has 0 aliphatic heterocycles. The molecule has 2 N–H and O–H groups in total. The molecule has 0 bridgehead atoms. The second-order valence-electron chi connectivity index (χ2n) is 5.75. The molecule has 0 saturated carbocycles. The number of rotatable bonds is 7. The molecule has 1 atom stereocenters. The first-order chi connectivity index (χ1) is 11.5. The summed E-state index contributed by atoms with van der Waals surface area (Å²) in [7, 11) is 1.76. The van der Waals surface area contributed by atoms with Crippen molar-refractivity contribution < 1.29 is 14.3 Å². The van der Waals surface area contributed by atoms with Crippen LogP contribution in [0.2, 0.25) is 0 Å². The van der Waals surface area contributed by atoms with Crippen molar-refractivity contribution in [3.05, 3.63) is 42.6 Å². The number of hydrogen-bond donors (Lipinski definition) is 2. The predicted molar refractivity (Wildman–Crippen MR) is 90.5 cm³/mol. The Hall–Kier alpha value is -2.83. The normalized spacial score (nSPS) is 11.8. The third-order valence-electron chi connectivity index (χ3n) is 3.34. The minimum absolute atomic E-state index is 0.0746. The smallest absolute Gasteiger partial charge is 0.258 e. The maximum atomic E-state index is 12.4. The molecule has 2 aromatic rings. The molecule has 0 fully saturated rings.